The van der Waals surface area contributed by atoms with Crippen molar-refractivity contribution in [3.05, 3.63) is 35.2 Å². The van der Waals surface area contributed by atoms with Gasteiger partial charge in [-0.1, -0.05) is 17.3 Å². The second kappa shape index (κ2) is 4.40. The van der Waals surface area contributed by atoms with Crippen LogP contribution in [-0.2, 0) is 6.54 Å². The van der Waals surface area contributed by atoms with Gasteiger partial charge in [0.15, 0.2) is 5.82 Å². The van der Waals surface area contributed by atoms with Crippen LogP contribution in [0.3, 0.4) is 0 Å². The Bertz CT molecular complexity index is 511. The van der Waals surface area contributed by atoms with Crippen molar-refractivity contribution < 1.29 is 0 Å². The minimum absolute atomic E-state index is 0.441. The maximum absolute atomic E-state index is 8.96. The molecule has 6 heteroatoms. The predicted molar refractivity (Wildman–Crippen MR) is 57.4 cm³/mol. The van der Waals surface area contributed by atoms with E-state index in [-0.39, 0.29) is 0 Å². The molecule has 2 N–H and O–H groups in total. The normalized spacial score (nSPS) is 9.75. The molecule has 0 radical (unpaired) electrons. The molecule has 0 spiro atoms. The van der Waals surface area contributed by atoms with Crippen molar-refractivity contribution in [1.82, 2.24) is 20.6 Å². The molecule has 80 valence electrons. The minimum Gasteiger partial charge on any atom is -0.376 e. The van der Waals surface area contributed by atoms with E-state index in [0.717, 1.165) is 11.3 Å². The summed E-state index contributed by atoms with van der Waals surface area (Å²) >= 11 is 0. The molecule has 1 heterocycles. The standard InChI is InChI=1S/C10H10N6/c1-7-3-2-4-8(5-11)10(7)12-6-9-13-15-16-14-9/h2-4,12H,6H2,1H3,(H,13,14,15,16). The Balaban J connectivity index is 2.18. The molecule has 0 atom stereocenters. The SMILES string of the molecule is Cc1cccc(C#N)c1NCc1nn[nH]n1. The van der Waals surface area contributed by atoms with Gasteiger partial charge in [-0.15, -0.1) is 10.2 Å². The molecule has 0 aliphatic rings. The third kappa shape index (κ3) is 1.98. The average molecular weight is 214 g/mol. The summed E-state index contributed by atoms with van der Waals surface area (Å²) in [5, 5.41) is 25.6. The lowest BCUT2D eigenvalue weighted by atomic mass is 10.1. The summed E-state index contributed by atoms with van der Waals surface area (Å²) in [6.07, 6.45) is 0. The first-order valence-electron chi connectivity index (χ1n) is 4.77. The molecule has 0 bridgehead atoms. The van der Waals surface area contributed by atoms with E-state index in [2.05, 4.69) is 32.0 Å². The molecule has 1 aromatic heterocycles. The Kier molecular flexibility index (Phi) is 2.78. The number of nitriles is 1. The van der Waals surface area contributed by atoms with E-state index in [1.807, 2.05) is 19.1 Å². The zero-order chi connectivity index (χ0) is 11.4. The van der Waals surface area contributed by atoms with Gasteiger partial charge in [0.2, 0.25) is 0 Å². The highest BCUT2D eigenvalue weighted by atomic mass is 15.5. The van der Waals surface area contributed by atoms with Crippen LogP contribution >= 0.6 is 0 Å². The molecule has 0 unspecified atom stereocenters. The van der Waals surface area contributed by atoms with Crippen LogP contribution in [0.1, 0.15) is 17.0 Å². The Hall–Kier alpha value is -2.42. The predicted octanol–water partition coefficient (Wildman–Crippen LogP) is 0.992. The van der Waals surface area contributed by atoms with E-state index < -0.39 is 0 Å². The molecular weight excluding hydrogens is 204 g/mol. The van der Waals surface area contributed by atoms with Crippen LogP contribution in [0.5, 0.6) is 0 Å². The lowest BCUT2D eigenvalue weighted by Gasteiger charge is -2.08. The van der Waals surface area contributed by atoms with Gasteiger partial charge in [0.05, 0.1) is 17.8 Å². The maximum atomic E-state index is 8.96. The monoisotopic (exact) mass is 214 g/mol. The highest BCUT2D eigenvalue weighted by Gasteiger charge is 2.05. The van der Waals surface area contributed by atoms with Gasteiger partial charge >= 0.3 is 0 Å². The van der Waals surface area contributed by atoms with Gasteiger partial charge in [-0.25, -0.2) is 0 Å². The van der Waals surface area contributed by atoms with Gasteiger partial charge in [-0.2, -0.15) is 10.5 Å². The first-order valence-corrected chi connectivity index (χ1v) is 4.77. The van der Waals surface area contributed by atoms with Gasteiger partial charge in [0, 0.05) is 0 Å². The van der Waals surface area contributed by atoms with Crippen molar-refractivity contribution in [2.45, 2.75) is 13.5 Å². The van der Waals surface area contributed by atoms with Crippen LogP contribution in [0.15, 0.2) is 18.2 Å². The zero-order valence-electron chi connectivity index (χ0n) is 8.73. The molecule has 2 rings (SSSR count). The van der Waals surface area contributed by atoms with E-state index in [4.69, 9.17) is 5.26 Å². The van der Waals surface area contributed by atoms with Crippen molar-refractivity contribution >= 4 is 5.69 Å². The molecule has 0 aliphatic carbocycles. The number of rotatable bonds is 3. The number of H-pyrrole nitrogens is 1. The number of hydrogen-bond acceptors (Lipinski definition) is 5. The second-order valence-corrected chi connectivity index (χ2v) is 3.29. The number of anilines is 1. The van der Waals surface area contributed by atoms with E-state index in [9.17, 15) is 0 Å². The van der Waals surface area contributed by atoms with Crippen LogP contribution in [0.25, 0.3) is 0 Å². The van der Waals surface area contributed by atoms with Crippen LogP contribution in [0.2, 0.25) is 0 Å². The lowest BCUT2D eigenvalue weighted by Crippen LogP contribution is -2.04. The fourth-order valence-electron chi connectivity index (χ4n) is 1.42. The topological polar surface area (TPSA) is 90.3 Å². The third-order valence-electron chi connectivity index (χ3n) is 2.21. The first kappa shape index (κ1) is 10.1. The van der Waals surface area contributed by atoms with Crippen molar-refractivity contribution in [1.29, 1.82) is 5.26 Å². The Morgan fingerprint density at radius 1 is 1.50 bits per heavy atom. The Morgan fingerprint density at radius 2 is 2.38 bits per heavy atom. The fraction of sp³-hybridized carbons (Fsp3) is 0.200. The highest BCUT2D eigenvalue weighted by Crippen LogP contribution is 2.19. The number of nitrogens with one attached hydrogen (secondary N) is 2. The van der Waals surface area contributed by atoms with Gasteiger partial charge in [0.25, 0.3) is 0 Å². The fourth-order valence-corrected chi connectivity index (χ4v) is 1.42. The molecule has 0 fully saturated rings. The van der Waals surface area contributed by atoms with Crippen LogP contribution in [0, 0.1) is 18.3 Å². The van der Waals surface area contributed by atoms with E-state index in [0.29, 0.717) is 17.9 Å². The molecule has 1 aromatic carbocycles. The molecule has 6 nitrogen and oxygen atoms in total. The summed E-state index contributed by atoms with van der Waals surface area (Å²) in [5.41, 5.74) is 2.45. The van der Waals surface area contributed by atoms with Crippen LogP contribution < -0.4 is 5.32 Å². The van der Waals surface area contributed by atoms with Gasteiger partial charge < -0.3 is 5.32 Å². The number of para-hydroxylation sites is 1. The Morgan fingerprint density at radius 3 is 3.06 bits per heavy atom. The lowest BCUT2D eigenvalue weighted by molar-refractivity contribution is 0.881. The smallest absolute Gasteiger partial charge is 0.193 e. The summed E-state index contributed by atoms with van der Waals surface area (Å²) in [6.45, 7) is 2.38. The highest BCUT2D eigenvalue weighted by molar-refractivity contribution is 5.62. The summed E-state index contributed by atoms with van der Waals surface area (Å²) in [5.74, 6) is 0.562. The number of benzene rings is 1. The number of hydrogen-bond donors (Lipinski definition) is 2. The minimum atomic E-state index is 0.441. The molecule has 0 amide bonds. The summed E-state index contributed by atoms with van der Waals surface area (Å²) < 4.78 is 0. The molecule has 0 aliphatic heterocycles. The zero-order valence-corrected chi connectivity index (χ0v) is 8.73. The van der Waals surface area contributed by atoms with Crippen molar-refractivity contribution in [3.8, 4) is 6.07 Å². The van der Waals surface area contributed by atoms with Crippen molar-refractivity contribution in [2.75, 3.05) is 5.32 Å². The van der Waals surface area contributed by atoms with Crippen LogP contribution in [0.4, 0.5) is 5.69 Å². The number of nitrogens with zero attached hydrogens (tertiary/aromatic N) is 4. The number of tetrazole rings is 1. The maximum Gasteiger partial charge on any atom is 0.193 e. The Labute approximate surface area is 92.3 Å². The van der Waals surface area contributed by atoms with E-state index in [1.165, 1.54) is 0 Å². The summed E-state index contributed by atoms with van der Waals surface area (Å²) in [7, 11) is 0. The quantitative estimate of drug-likeness (QED) is 0.795. The second-order valence-electron chi connectivity index (χ2n) is 3.29. The van der Waals surface area contributed by atoms with Gasteiger partial charge in [-0.3, -0.25) is 0 Å². The van der Waals surface area contributed by atoms with E-state index in [1.54, 1.807) is 6.07 Å². The number of aryl methyl sites for hydroxylation is 1. The first-order chi connectivity index (χ1) is 7.81. The number of aromatic nitrogens is 4. The number of aromatic amines is 1. The summed E-state index contributed by atoms with van der Waals surface area (Å²) in [6, 6.07) is 7.71. The summed E-state index contributed by atoms with van der Waals surface area (Å²) in [4.78, 5) is 0. The molecule has 0 saturated heterocycles. The molecular formula is C10H10N6. The molecule has 16 heavy (non-hydrogen) atoms. The van der Waals surface area contributed by atoms with Crippen LogP contribution in [-0.4, -0.2) is 20.6 Å². The van der Waals surface area contributed by atoms with Gasteiger partial charge in [0.1, 0.15) is 6.07 Å². The van der Waals surface area contributed by atoms with Crippen molar-refractivity contribution in [3.63, 3.8) is 0 Å². The van der Waals surface area contributed by atoms with Crippen molar-refractivity contribution in [2.24, 2.45) is 0 Å². The largest absolute Gasteiger partial charge is 0.376 e. The van der Waals surface area contributed by atoms with Gasteiger partial charge in [-0.05, 0) is 18.6 Å². The molecule has 2 aromatic rings. The third-order valence-corrected chi connectivity index (χ3v) is 2.21. The van der Waals surface area contributed by atoms with E-state index >= 15 is 0 Å². The average Bonchev–Trinajstić information content (AvgIpc) is 2.80. The molecule has 0 saturated carbocycles.